The van der Waals surface area contributed by atoms with Crippen LogP contribution in [-0.2, 0) is 24.4 Å². The molecule has 10 heteroatoms. The van der Waals surface area contributed by atoms with Gasteiger partial charge in [0.1, 0.15) is 0 Å². The van der Waals surface area contributed by atoms with Gasteiger partial charge in [0.2, 0.25) is 0 Å². The summed E-state index contributed by atoms with van der Waals surface area (Å²) in [6, 6.07) is 0. The highest BCUT2D eigenvalue weighted by atomic mass is 31.1. The van der Waals surface area contributed by atoms with Crippen LogP contribution in [0, 0.1) is 0 Å². The van der Waals surface area contributed by atoms with E-state index in [2.05, 4.69) is 0 Å². The molecule has 0 bridgehead atoms. The van der Waals surface area contributed by atoms with Gasteiger partial charge in [0.05, 0.1) is 0 Å². The molecule has 0 rings (SSSR count). The van der Waals surface area contributed by atoms with E-state index in [1.807, 2.05) is 41.5 Å². The molecule has 0 aromatic heterocycles. The zero-order valence-corrected chi connectivity index (χ0v) is 20.2. The second-order valence-corrected chi connectivity index (χ2v) is 12.9. The predicted octanol–water partition coefficient (Wildman–Crippen LogP) is 6.81. The van der Waals surface area contributed by atoms with Crippen molar-refractivity contribution in [2.75, 3.05) is 0 Å². The maximum atomic E-state index is 12.4. The molecule has 0 amide bonds. The molecule has 3 atom stereocenters. The molecule has 0 N–H and O–H groups in total. The Hall–Kier alpha value is 0.712. The Kier molecular flexibility index (Phi) is 15.2. The highest BCUT2D eigenvalue weighted by Crippen LogP contribution is 2.43. The van der Waals surface area contributed by atoms with Crippen molar-refractivity contribution in [2.45, 2.75) is 97.0 Å². The molecule has 0 saturated carbocycles. The molecule has 0 radical (unpaired) electrons. The van der Waals surface area contributed by atoms with Gasteiger partial charge < -0.3 is 0 Å². The minimum atomic E-state index is -3.01. The Balaban J connectivity index is 5.12. The first-order valence-electron chi connectivity index (χ1n) is 9.27. The van der Waals surface area contributed by atoms with Crippen molar-refractivity contribution in [3.8, 4) is 0 Å². The molecular formula is C15H33AlO6P3+3. The fourth-order valence-corrected chi connectivity index (χ4v) is 9.72. The first-order chi connectivity index (χ1) is 11.9. The zero-order valence-electron chi connectivity index (χ0n) is 16.3. The van der Waals surface area contributed by atoms with Crippen molar-refractivity contribution in [3.63, 3.8) is 0 Å². The Morgan fingerprint density at radius 1 is 0.560 bits per heavy atom. The van der Waals surface area contributed by atoms with E-state index >= 15 is 0 Å². The lowest BCUT2D eigenvalue weighted by atomic mass is 10.3. The standard InChI is InChI=1S/3C5H11O2P.Al/c3*1-3-5(4-2)8(6)7;/h3*5H,3-4H2,1-2H3;/q;;;+3. The predicted molar refractivity (Wildman–Crippen MR) is 105 cm³/mol. The molecule has 0 aromatic carbocycles. The molecule has 0 aliphatic heterocycles. The van der Waals surface area contributed by atoms with Crippen LogP contribution in [0.1, 0.15) is 80.1 Å². The van der Waals surface area contributed by atoms with Crippen LogP contribution in [0.25, 0.3) is 0 Å². The van der Waals surface area contributed by atoms with Crippen LogP contribution in [-0.4, -0.2) is 32.1 Å². The quantitative estimate of drug-likeness (QED) is 0.210. The monoisotopic (exact) mass is 429 g/mol. The minimum absolute atomic E-state index is 0.103. The van der Waals surface area contributed by atoms with Crippen molar-refractivity contribution in [2.24, 2.45) is 0 Å². The van der Waals surface area contributed by atoms with Crippen molar-refractivity contribution in [3.05, 3.63) is 0 Å². The number of hydrogen-bond donors (Lipinski definition) is 0. The topological polar surface area (TPSA) is 78.9 Å². The first-order valence-corrected chi connectivity index (χ1v) is 14.4. The highest BCUT2D eigenvalue weighted by molar-refractivity contribution is 7.45. The maximum absolute atomic E-state index is 12.4. The van der Waals surface area contributed by atoms with Crippen molar-refractivity contribution in [1.29, 1.82) is 0 Å². The Morgan fingerprint density at radius 3 is 0.920 bits per heavy atom. The normalized spacial score (nSPS) is 13.6. The van der Waals surface area contributed by atoms with Crippen molar-refractivity contribution >= 4 is 39.2 Å². The molecule has 0 saturated heterocycles. The van der Waals surface area contributed by atoms with Crippen LogP contribution in [0.15, 0.2) is 0 Å². The molecule has 25 heavy (non-hydrogen) atoms. The fourth-order valence-electron chi connectivity index (χ4n) is 2.33. The summed E-state index contributed by atoms with van der Waals surface area (Å²) >= 11 is -3.01. The fraction of sp³-hybridized carbons (Fsp3) is 1.00. The van der Waals surface area contributed by atoms with Crippen LogP contribution < -0.4 is 0 Å². The summed E-state index contributed by atoms with van der Waals surface area (Å²) in [4.78, 5) is 0. The zero-order chi connectivity index (χ0) is 19.4. The van der Waals surface area contributed by atoms with Gasteiger partial charge in [0.25, 0.3) is 0 Å². The van der Waals surface area contributed by atoms with Crippen molar-refractivity contribution < 1.29 is 24.4 Å². The van der Waals surface area contributed by atoms with E-state index in [0.29, 0.717) is 38.5 Å². The van der Waals surface area contributed by atoms with Crippen LogP contribution in [0.5, 0.6) is 0 Å². The molecule has 0 aromatic rings. The van der Waals surface area contributed by atoms with Gasteiger partial charge in [-0.2, -0.15) is 0 Å². The molecular weight excluding hydrogens is 396 g/mol. The minimum Gasteiger partial charge on any atom is -0.201 e. The summed E-state index contributed by atoms with van der Waals surface area (Å²) < 4.78 is 53.9. The van der Waals surface area contributed by atoms with Crippen LogP contribution >= 0.6 is 24.1 Å². The van der Waals surface area contributed by atoms with Gasteiger partial charge in [-0.25, -0.2) is 10.7 Å². The summed E-state index contributed by atoms with van der Waals surface area (Å²) in [7, 11) is -5.99. The summed E-state index contributed by atoms with van der Waals surface area (Å²) in [6.07, 6.45) is 4.27. The van der Waals surface area contributed by atoms with Gasteiger partial charge in [-0.1, -0.05) is 41.5 Å². The first kappa shape index (κ1) is 25.7. The van der Waals surface area contributed by atoms with Crippen LogP contribution in [0.2, 0.25) is 0 Å². The molecule has 6 nitrogen and oxygen atoms in total. The third-order valence-electron chi connectivity index (χ3n) is 4.29. The summed E-state index contributed by atoms with van der Waals surface area (Å²) in [5.74, 6) is 0. The number of hydrogen-bond acceptors (Lipinski definition) is 6. The maximum Gasteiger partial charge on any atom is 1.04 e. The van der Waals surface area contributed by atoms with E-state index in [9.17, 15) is 13.7 Å². The Bertz CT molecular complexity index is 364. The van der Waals surface area contributed by atoms with E-state index in [0.717, 1.165) is 0 Å². The van der Waals surface area contributed by atoms with Gasteiger partial charge in [0, 0.05) is 0 Å². The van der Waals surface area contributed by atoms with Gasteiger partial charge in [-0.05, 0) is 52.2 Å². The molecule has 3 unspecified atom stereocenters. The highest BCUT2D eigenvalue weighted by Gasteiger charge is 2.59. The van der Waals surface area contributed by atoms with E-state index in [-0.39, 0.29) is 17.0 Å². The molecule has 0 aliphatic carbocycles. The summed E-state index contributed by atoms with van der Waals surface area (Å²) in [5.41, 5.74) is -0.308. The second-order valence-electron chi connectivity index (χ2n) is 5.87. The van der Waals surface area contributed by atoms with Gasteiger partial charge in [-0.15, -0.1) is 0 Å². The average molecular weight is 429 g/mol. The Labute approximate surface area is 160 Å². The molecule has 0 fully saturated rings. The molecule has 0 aliphatic rings. The number of rotatable bonds is 15. The third kappa shape index (κ3) is 9.46. The SMILES string of the molecule is CCC(CC)[P+](=O)[O][Al]([O][P+](=O)C(CC)CC)[O][P+](=O)C(CC)CC. The van der Waals surface area contributed by atoms with Crippen molar-refractivity contribution in [1.82, 2.24) is 0 Å². The lowest BCUT2D eigenvalue weighted by Gasteiger charge is -2.03. The van der Waals surface area contributed by atoms with E-state index in [1.54, 1.807) is 0 Å². The van der Waals surface area contributed by atoms with Gasteiger partial charge in [0.15, 0.2) is 17.0 Å². The smallest absolute Gasteiger partial charge is 0.201 e. The Morgan fingerprint density at radius 2 is 0.760 bits per heavy atom. The third-order valence-corrected chi connectivity index (χ3v) is 12.8. The largest absolute Gasteiger partial charge is 1.04 e. The second kappa shape index (κ2) is 14.7. The summed E-state index contributed by atoms with van der Waals surface area (Å²) in [6.45, 7) is 11.7. The molecule has 144 valence electrons. The van der Waals surface area contributed by atoms with E-state index in [1.165, 1.54) is 0 Å². The summed E-state index contributed by atoms with van der Waals surface area (Å²) in [5, 5.41) is 0. The van der Waals surface area contributed by atoms with E-state index in [4.69, 9.17) is 10.7 Å². The van der Waals surface area contributed by atoms with Crippen LogP contribution in [0.3, 0.4) is 0 Å². The van der Waals surface area contributed by atoms with E-state index < -0.39 is 39.2 Å². The molecule has 0 heterocycles. The lowest BCUT2D eigenvalue weighted by Crippen LogP contribution is -2.23. The lowest BCUT2D eigenvalue weighted by molar-refractivity contribution is 0.314. The van der Waals surface area contributed by atoms with Gasteiger partial charge >= 0.3 is 39.2 Å². The average Bonchev–Trinajstić information content (AvgIpc) is 2.57. The molecule has 0 spiro atoms. The van der Waals surface area contributed by atoms with Crippen LogP contribution in [0.4, 0.5) is 0 Å². The van der Waals surface area contributed by atoms with Gasteiger partial charge in [-0.3, -0.25) is 0 Å².